The van der Waals surface area contributed by atoms with Crippen LogP contribution in [0.1, 0.15) is 11.3 Å². The fourth-order valence-electron chi connectivity index (χ4n) is 1.98. The van der Waals surface area contributed by atoms with Gasteiger partial charge in [-0.3, -0.25) is 0 Å². The molecule has 21 heavy (non-hydrogen) atoms. The average molecular weight is 287 g/mol. The van der Waals surface area contributed by atoms with E-state index in [1.165, 1.54) is 0 Å². The van der Waals surface area contributed by atoms with E-state index in [1.54, 1.807) is 32.2 Å². The van der Waals surface area contributed by atoms with Crippen molar-refractivity contribution >= 4 is 12.2 Å². The van der Waals surface area contributed by atoms with Crippen molar-refractivity contribution < 1.29 is 18.9 Å². The molecular formula is C16H19N2O3+. The maximum atomic E-state index is 5.42. The number of benzene rings is 1. The summed E-state index contributed by atoms with van der Waals surface area (Å²) in [5.41, 5.74) is 1.82. The van der Waals surface area contributed by atoms with Gasteiger partial charge in [-0.25, -0.2) is 0 Å². The van der Waals surface area contributed by atoms with Crippen LogP contribution in [0.3, 0.4) is 0 Å². The highest BCUT2D eigenvalue weighted by molar-refractivity contribution is 5.75. The van der Waals surface area contributed by atoms with E-state index in [0.717, 1.165) is 11.3 Å². The fourth-order valence-corrected chi connectivity index (χ4v) is 1.98. The summed E-state index contributed by atoms with van der Waals surface area (Å²) in [5.74, 6) is 2.07. The summed E-state index contributed by atoms with van der Waals surface area (Å²) in [4.78, 5) is 0. The molecule has 0 aliphatic heterocycles. The lowest BCUT2D eigenvalue weighted by Gasteiger charge is -2.12. The van der Waals surface area contributed by atoms with Gasteiger partial charge in [-0.05, 0) is 17.2 Å². The van der Waals surface area contributed by atoms with E-state index in [1.807, 2.05) is 43.5 Å². The Morgan fingerprint density at radius 3 is 2.19 bits per heavy atom. The van der Waals surface area contributed by atoms with Crippen molar-refractivity contribution in [3.63, 3.8) is 0 Å². The Kier molecular flexibility index (Phi) is 4.77. The third-order valence-electron chi connectivity index (χ3n) is 3.14. The van der Waals surface area contributed by atoms with Crippen molar-refractivity contribution in [2.45, 2.75) is 0 Å². The maximum Gasteiger partial charge on any atom is 0.231 e. The smallest absolute Gasteiger partial charge is 0.231 e. The summed E-state index contributed by atoms with van der Waals surface area (Å²) in [5, 5.41) is 4.19. The van der Waals surface area contributed by atoms with Crippen LogP contribution in [-0.4, -0.2) is 26.4 Å². The van der Waals surface area contributed by atoms with Crippen LogP contribution in [0, 0.1) is 0 Å². The number of rotatable bonds is 5. The first-order valence-corrected chi connectivity index (χ1v) is 6.49. The second-order valence-electron chi connectivity index (χ2n) is 4.35. The molecular weight excluding hydrogens is 268 g/mol. The van der Waals surface area contributed by atoms with Gasteiger partial charge in [0.25, 0.3) is 0 Å². The van der Waals surface area contributed by atoms with Gasteiger partial charge >= 0.3 is 0 Å². The monoisotopic (exact) mass is 287 g/mol. The molecule has 5 heteroatoms. The SMILES string of the molecule is COc1cc(OC)c(/C=C/c2cccn[n+]2C)c(OC)c1. The summed E-state index contributed by atoms with van der Waals surface area (Å²) in [7, 11) is 6.74. The van der Waals surface area contributed by atoms with Crippen molar-refractivity contribution in [2.24, 2.45) is 7.05 Å². The Labute approximate surface area is 124 Å². The minimum absolute atomic E-state index is 0.688. The number of aryl methyl sites for hydroxylation is 1. The van der Waals surface area contributed by atoms with Crippen LogP contribution >= 0.6 is 0 Å². The first-order valence-electron chi connectivity index (χ1n) is 6.49. The average Bonchev–Trinajstić information content (AvgIpc) is 2.53. The number of hydrogen-bond acceptors (Lipinski definition) is 4. The molecule has 0 N–H and O–H groups in total. The van der Waals surface area contributed by atoms with Crippen molar-refractivity contribution in [3.8, 4) is 17.2 Å². The Bertz CT molecular complexity index is 629. The lowest BCUT2D eigenvalue weighted by Crippen LogP contribution is -2.35. The van der Waals surface area contributed by atoms with Crippen molar-refractivity contribution in [2.75, 3.05) is 21.3 Å². The van der Waals surface area contributed by atoms with Crippen LogP contribution in [0.15, 0.2) is 30.5 Å². The number of methoxy groups -OCH3 is 3. The molecule has 110 valence electrons. The summed E-state index contributed by atoms with van der Waals surface area (Å²) >= 11 is 0. The van der Waals surface area contributed by atoms with Crippen molar-refractivity contribution in [1.29, 1.82) is 0 Å². The Balaban J connectivity index is 2.45. The third-order valence-corrected chi connectivity index (χ3v) is 3.14. The van der Waals surface area contributed by atoms with Crippen LogP contribution in [0.5, 0.6) is 17.2 Å². The van der Waals surface area contributed by atoms with Crippen LogP contribution in [0.25, 0.3) is 12.2 Å². The van der Waals surface area contributed by atoms with Gasteiger partial charge in [0.15, 0.2) is 7.05 Å². The zero-order valence-electron chi connectivity index (χ0n) is 12.7. The van der Waals surface area contributed by atoms with Gasteiger partial charge < -0.3 is 14.2 Å². The van der Waals surface area contributed by atoms with Crippen LogP contribution in [-0.2, 0) is 7.05 Å². The van der Waals surface area contributed by atoms with Crippen LogP contribution < -0.4 is 18.9 Å². The lowest BCUT2D eigenvalue weighted by molar-refractivity contribution is -0.732. The van der Waals surface area contributed by atoms with Crippen LogP contribution in [0.4, 0.5) is 0 Å². The lowest BCUT2D eigenvalue weighted by atomic mass is 10.1. The quantitative estimate of drug-likeness (QED) is 0.790. The van der Waals surface area contributed by atoms with Gasteiger partial charge in [-0.1, -0.05) is 4.68 Å². The number of ether oxygens (including phenoxy) is 3. The van der Waals surface area contributed by atoms with Gasteiger partial charge in [-0.15, -0.1) is 0 Å². The Morgan fingerprint density at radius 2 is 1.67 bits per heavy atom. The second kappa shape index (κ2) is 6.74. The van der Waals surface area contributed by atoms with E-state index in [2.05, 4.69) is 5.10 Å². The molecule has 5 nitrogen and oxygen atoms in total. The zero-order chi connectivity index (χ0) is 15.2. The molecule has 0 saturated carbocycles. The molecule has 0 bridgehead atoms. The molecule has 0 radical (unpaired) electrons. The summed E-state index contributed by atoms with van der Waals surface area (Å²) in [6.07, 6.45) is 5.64. The number of nitrogens with zero attached hydrogens (tertiary/aromatic N) is 2. The van der Waals surface area contributed by atoms with Gasteiger partial charge in [0, 0.05) is 24.3 Å². The molecule has 1 aromatic heterocycles. The highest BCUT2D eigenvalue weighted by Gasteiger charge is 2.11. The molecule has 1 heterocycles. The molecule has 0 amide bonds. The van der Waals surface area contributed by atoms with E-state index in [4.69, 9.17) is 14.2 Å². The Morgan fingerprint density at radius 1 is 1.00 bits per heavy atom. The third kappa shape index (κ3) is 3.31. The summed E-state index contributed by atoms with van der Waals surface area (Å²) < 4.78 is 17.9. The molecule has 0 atom stereocenters. The molecule has 0 fully saturated rings. The number of aromatic nitrogens is 2. The van der Waals surface area contributed by atoms with Crippen molar-refractivity contribution in [3.05, 3.63) is 41.7 Å². The van der Waals surface area contributed by atoms with Gasteiger partial charge in [0.05, 0.1) is 33.1 Å². The normalized spacial score (nSPS) is 10.7. The first kappa shape index (κ1) is 14.8. The predicted molar refractivity (Wildman–Crippen MR) is 80.4 cm³/mol. The molecule has 0 aliphatic carbocycles. The summed E-state index contributed by atoms with van der Waals surface area (Å²) in [6.45, 7) is 0. The van der Waals surface area contributed by atoms with E-state index in [-0.39, 0.29) is 0 Å². The topological polar surface area (TPSA) is 44.5 Å². The molecule has 0 unspecified atom stereocenters. The molecule has 2 aromatic rings. The van der Waals surface area contributed by atoms with E-state index >= 15 is 0 Å². The molecule has 0 aliphatic rings. The fraction of sp³-hybridized carbons (Fsp3) is 0.250. The second-order valence-corrected chi connectivity index (χ2v) is 4.35. The Hall–Kier alpha value is -2.56. The maximum absolute atomic E-state index is 5.42. The minimum Gasteiger partial charge on any atom is -0.496 e. The molecule has 0 spiro atoms. The van der Waals surface area contributed by atoms with E-state index < -0.39 is 0 Å². The molecule has 2 rings (SSSR count). The highest BCUT2D eigenvalue weighted by Crippen LogP contribution is 2.35. The highest BCUT2D eigenvalue weighted by atomic mass is 16.5. The standard InChI is InChI=1S/C16H19N2O3/c1-18-12(6-5-9-17-18)7-8-14-15(20-3)10-13(19-2)11-16(14)21-4/h5-11H,1-4H3/q+1/b8-7+. The van der Waals surface area contributed by atoms with Crippen molar-refractivity contribution in [1.82, 2.24) is 5.10 Å². The predicted octanol–water partition coefficient (Wildman–Crippen LogP) is 2.10. The number of hydrogen-bond donors (Lipinski definition) is 0. The van der Waals surface area contributed by atoms with Gasteiger partial charge in [-0.2, -0.15) is 0 Å². The van der Waals surface area contributed by atoms with E-state index in [0.29, 0.717) is 17.2 Å². The zero-order valence-corrected chi connectivity index (χ0v) is 12.7. The molecule has 1 aromatic carbocycles. The minimum atomic E-state index is 0.688. The summed E-state index contributed by atoms with van der Waals surface area (Å²) in [6, 6.07) is 7.52. The van der Waals surface area contributed by atoms with Gasteiger partial charge in [0.2, 0.25) is 5.69 Å². The van der Waals surface area contributed by atoms with E-state index in [9.17, 15) is 0 Å². The molecule has 0 saturated heterocycles. The van der Waals surface area contributed by atoms with Gasteiger partial charge in [0.1, 0.15) is 17.2 Å². The largest absolute Gasteiger partial charge is 0.496 e. The van der Waals surface area contributed by atoms with Crippen LogP contribution in [0.2, 0.25) is 0 Å². The first-order chi connectivity index (χ1) is 10.2.